The zero-order valence-electron chi connectivity index (χ0n) is 23.3. The van der Waals surface area contributed by atoms with Crippen molar-refractivity contribution in [2.45, 2.75) is 114 Å². The summed E-state index contributed by atoms with van der Waals surface area (Å²) < 4.78 is 24.5. The Balaban J connectivity index is 0.000000148. The largest absolute Gasteiger partial charge is 0.461 e. The van der Waals surface area contributed by atoms with Crippen LogP contribution in [0.15, 0.2) is 60.7 Å². The van der Waals surface area contributed by atoms with Gasteiger partial charge in [-0.15, -0.1) is 0 Å². The number of hydrogen-bond acceptors (Lipinski definition) is 4. The molecule has 4 aliphatic rings. The smallest absolute Gasteiger partial charge is 0.403 e. The van der Waals surface area contributed by atoms with Crippen LogP contribution >= 0.6 is 0 Å². The third-order valence-corrected chi connectivity index (χ3v) is 9.38. The highest BCUT2D eigenvalue weighted by molar-refractivity contribution is 6.49. The van der Waals surface area contributed by atoms with Gasteiger partial charge in [-0.3, -0.25) is 0 Å². The topological polar surface area (TPSA) is 36.9 Å². The molecular formula is C30H42B2O4. The quantitative estimate of drug-likeness (QED) is 0.424. The second-order valence-corrected chi connectivity index (χ2v) is 13.1. The van der Waals surface area contributed by atoms with Crippen LogP contribution in [-0.4, -0.2) is 36.6 Å². The first kappa shape index (κ1) is 26.0. The van der Waals surface area contributed by atoms with E-state index in [0.29, 0.717) is 23.5 Å². The first-order valence-corrected chi connectivity index (χ1v) is 13.6. The van der Waals surface area contributed by atoms with E-state index in [-0.39, 0.29) is 36.6 Å². The zero-order valence-corrected chi connectivity index (χ0v) is 23.3. The van der Waals surface area contributed by atoms with Crippen molar-refractivity contribution in [3.63, 3.8) is 0 Å². The fourth-order valence-electron chi connectivity index (χ4n) is 5.32. The predicted octanol–water partition coefficient (Wildman–Crippen LogP) is 7.27. The second kappa shape index (κ2) is 9.01. The summed E-state index contributed by atoms with van der Waals surface area (Å²) in [6.07, 6.45) is 2.36. The molecular weight excluding hydrogens is 446 g/mol. The maximum Gasteiger partial charge on any atom is 0.461 e. The highest BCUT2D eigenvalue weighted by Crippen LogP contribution is 2.59. The molecule has 2 aliphatic heterocycles. The molecule has 0 radical (unpaired) electrons. The monoisotopic (exact) mass is 488 g/mol. The Labute approximate surface area is 218 Å². The standard InChI is InChI=1S/2C15H21BO2/c2*1-14(2)15(3,4)18-16(17-14)13-10-12(13)11-8-6-5-7-9-11/h2*5-9,12-13H,10H2,1-4H3/t2*12-,13+/m10/s1. The molecule has 0 N–H and O–H groups in total. The summed E-state index contributed by atoms with van der Waals surface area (Å²) in [6, 6.07) is 21.4. The van der Waals surface area contributed by atoms with Crippen molar-refractivity contribution in [3.05, 3.63) is 71.8 Å². The average molecular weight is 488 g/mol. The van der Waals surface area contributed by atoms with Crippen molar-refractivity contribution < 1.29 is 18.6 Å². The molecule has 4 fully saturated rings. The van der Waals surface area contributed by atoms with Gasteiger partial charge in [-0.2, -0.15) is 0 Å². The minimum Gasteiger partial charge on any atom is -0.403 e. The number of hydrogen-bond donors (Lipinski definition) is 0. The van der Waals surface area contributed by atoms with Gasteiger partial charge in [-0.05, 0) is 91.2 Å². The van der Waals surface area contributed by atoms with E-state index >= 15 is 0 Å². The van der Waals surface area contributed by atoms with E-state index in [1.807, 2.05) is 0 Å². The van der Waals surface area contributed by atoms with Gasteiger partial charge >= 0.3 is 14.2 Å². The predicted molar refractivity (Wildman–Crippen MR) is 147 cm³/mol. The molecule has 2 aromatic rings. The Morgan fingerprint density at radius 2 is 0.778 bits per heavy atom. The summed E-state index contributed by atoms with van der Waals surface area (Å²) in [5, 5.41) is 0. The molecule has 2 saturated carbocycles. The van der Waals surface area contributed by atoms with E-state index in [9.17, 15) is 0 Å². The molecule has 0 bridgehead atoms. The van der Waals surface area contributed by atoms with Gasteiger partial charge in [0.2, 0.25) is 0 Å². The Bertz CT molecular complexity index is 936. The first-order valence-electron chi connectivity index (χ1n) is 13.6. The van der Waals surface area contributed by atoms with Crippen LogP contribution in [0.5, 0.6) is 0 Å². The molecule has 0 unspecified atom stereocenters. The molecule has 2 aromatic carbocycles. The third-order valence-electron chi connectivity index (χ3n) is 9.38. The van der Waals surface area contributed by atoms with Gasteiger partial charge in [0.15, 0.2) is 0 Å². The Kier molecular flexibility index (Phi) is 6.52. The second-order valence-electron chi connectivity index (χ2n) is 13.1. The summed E-state index contributed by atoms with van der Waals surface area (Å²) in [4.78, 5) is 0. The summed E-state index contributed by atoms with van der Waals surface area (Å²) in [7, 11) is -0.0830. The zero-order chi connectivity index (χ0) is 25.9. The van der Waals surface area contributed by atoms with Crippen molar-refractivity contribution in [2.24, 2.45) is 0 Å². The first-order chi connectivity index (χ1) is 16.8. The number of benzene rings is 2. The van der Waals surface area contributed by atoms with Gasteiger partial charge in [-0.25, -0.2) is 0 Å². The summed E-state index contributed by atoms with van der Waals surface area (Å²) in [5.41, 5.74) is 2.00. The third kappa shape index (κ3) is 4.95. The Morgan fingerprint density at radius 1 is 0.500 bits per heavy atom. The normalized spacial score (nSPS) is 32.6. The van der Waals surface area contributed by atoms with Gasteiger partial charge in [0, 0.05) is 11.6 Å². The van der Waals surface area contributed by atoms with Gasteiger partial charge in [0.1, 0.15) is 0 Å². The highest BCUT2D eigenvalue weighted by atomic mass is 16.7. The fourth-order valence-corrected chi connectivity index (χ4v) is 5.32. The van der Waals surface area contributed by atoms with E-state index < -0.39 is 0 Å². The maximum absolute atomic E-state index is 6.12. The van der Waals surface area contributed by atoms with E-state index in [0.717, 1.165) is 0 Å². The summed E-state index contributed by atoms with van der Waals surface area (Å²) in [6.45, 7) is 16.9. The fraction of sp³-hybridized carbons (Fsp3) is 0.600. The molecule has 0 amide bonds. The van der Waals surface area contributed by atoms with E-state index in [1.54, 1.807) is 0 Å². The van der Waals surface area contributed by atoms with Gasteiger partial charge in [0.25, 0.3) is 0 Å². The minimum absolute atomic E-state index is 0.0415. The van der Waals surface area contributed by atoms with Gasteiger partial charge < -0.3 is 18.6 Å². The van der Waals surface area contributed by atoms with Crippen LogP contribution in [0, 0.1) is 0 Å². The summed E-state index contributed by atoms with van der Waals surface area (Å²) >= 11 is 0. The molecule has 2 heterocycles. The van der Waals surface area contributed by atoms with Crippen LogP contribution in [0.4, 0.5) is 0 Å². The van der Waals surface area contributed by atoms with Crippen molar-refractivity contribution in [1.82, 2.24) is 0 Å². The van der Waals surface area contributed by atoms with Crippen LogP contribution in [-0.2, 0) is 18.6 Å². The lowest BCUT2D eigenvalue weighted by Gasteiger charge is -2.32. The van der Waals surface area contributed by atoms with E-state index in [1.165, 1.54) is 24.0 Å². The van der Waals surface area contributed by atoms with Gasteiger partial charge in [-0.1, -0.05) is 60.7 Å². The highest BCUT2D eigenvalue weighted by Gasteiger charge is 2.61. The Morgan fingerprint density at radius 3 is 1.06 bits per heavy atom. The molecule has 6 heteroatoms. The van der Waals surface area contributed by atoms with Crippen molar-refractivity contribution in [3.8, 4) is 0 Å². The molecule has 36 heavy (non-hydrogen) atoms. The van der Waals surface area contributed by atoms with Gasteiger partial charge in [0.05, 0.1) is 22.4 Å². The van der Waals surface area contributed by atoms with Crippen molar-refractivity contribution in [1.29, 1.82) is 0 Å². The molecule has 2 saturated heterocycles. The SMILES string of the molecule is CC1(C)OB([C@@H]2C[C@H]2c2ccccc2)OC1(C)C.CC1(C)OB([C@H]2C[C@@H]2c2ccccc2)OC1(C)C. The molecule has 4 atom stereocenters. The van der Waals surface area contributed by atoms with Crippen LogP contribution in [0.1, 0.15) is 91.2 Å². The average Bonchev–Trinajstić information content (AvgIpc) is 3.71. The molecule has 0 aromatic heterocycles. The maximum atomic E-state index is 6.12. The molecule has 2 aliphatic carbocycles. The van der Waals surface area contributed by atoms with E-state index in [2.05, 4.69) is 116 Å². The van der Waals surface area contributed by atoms with Crippen LogP contribution < -0.4 is 0 Å². The summed E-state index contributed by atoms with van der Waals surface area (Å²) in [5.74, 6) is 2.27. The molecule has 192 valence electrons. The molecule has 0 spiro atoms. The minimum atomic E-state index is -0.207. The van der Waals surface area contributed by atoms with Crippen LogP contribution in [0.25, 0.3) is 0 Å². The van der Waals surface area contributed by atoms with Crippen molar-refractivity contribution in [2.75, 3.05) is 0 Å². The lowest BCUT2D eigenvalue weighted by molar-refractivity contribution is 0.00578. The number of rotatable bonds is 4. The molecule has 6 rings (SSSR count). The lowest BCUT2D eigenvalue weighted by Crippen LogP contribution is -2.41. The molecule has 4 nitrogen and oxygen atoms in total. The van der Waals surface area contributed by atoms with Crippen molar-refractivity contribution >= 4 is 14.2 Å². The van der Waals surface area contributed by atoms with Crippen LogP contribution in [0.3, 0.4) is 0 Å². The lowest BCUT2D eigenvalue weighted by atomic mass is 9.79. The van der Waals surface area contributed by atoms with Crippen LogP contribution in [0.2, 0.25) is 11.6 Å². The Hall–Kier alpha value is -1.59. The van der Waals surface area contributed by atoms with E-state index in [4.69, 9.17) is 18.6 Å².